The highest BCUT2D eigenvalue weighted by Gasteiger charge is 2.34. The Morgan fingerprint density at radius 2 is 1.87 bits per heavy atom. The van der Waals surface area contributed by atoms with E-state index in [1.165, 1.54) is 24.4 Å². The van der Waals surface area contributed by atoms with Crippen LogP contribution in [0.3, 0.4) is 0 Å². The molecule has 2 aromatic heterocycles. The normalized spacial score (nSPS) is 12.1. The van der Waals surface area contributed by atoms with Gasteiger partial charge in [0.05, 0.1) is 11.3 Å². The number of nitrogens with two attached hydrogens (primary N) is 2. The zero-order valence-electron chi connectivity index (χ0n) is 17.0. The number of rotatable bonds is 4. The summed E-state index contributed by atoms with van der Waals surface area (Å²) in [6.45, 7) is 5.11. The van der Waals surface area contributed by atoms with E-state index in [2.05, 4.69) is 20.4 Å². The van der Waals surface area contributed by atoms with Crippen LogP contribution < -0.4 is 16.8 Å². The van der Waals surface area contributed by atoms with Gasteiger partial charge in [0.2, 0.25) is 0 Å². The van der Waals surface area contributed by atoms with Crippen LogP contribution in [0.25, 0.3) is 11.1 Å². The molecule has 1 amide bonds. The minimum atomic E-state index is -4.66. The minimum Gasteiger partial charge on any atom is -0.395 e. The average Bonchev–Trinajstić information content (AvgIpc) is 3.18. The third kappa shape index (κ3) is 4.76. The number of hydrogen-bond donors (Lipinski definition) is 3. The molecular formula is C20H21F3N6O2. The van der Waals surface area contributed by atoms with Crippen LogP contribution in [0.1, 0.15) is 48.4 Å². The van der Waals surface area contributed by atoms with Gasteiger partial charge in [-0.1, -0.05) is 38.1 Å². The number of hydrogen-bond acceptors (Lipinski definition) is 7. The number of nitrogens with one attached hydrogen (secondary N) is 1. The van der Waals surface area contributed by atoms with Crippen LogP contribution in [-0.4, -0.2) is 21.0 Å². The van der Waals surface area contributed by atoms with Crippen molar-refractivity contribution in [3.63, 3.8) is 0 Å². The molecule has 8 nitrogen and oxygen atoms in total. The number of amides is 1. The number of alkyl halides is 3. The fourth-order valence-corrected chi connectivity index (χ4v) is 2.77. The van der Waals surface area contributed by atoms with Crippen molar-refractivity contribution < 1.29 is 22.5 Å². The molecule has 0 bridgehead atoms. The lowest BCUT2D eigenvalue weighted by Gasteiger charge is -2.16. The molecule has 0 unspecified atom stereocenters. The third-order valence-corrected chi connectivity index (χ3v) is 4.48. The number of nitrogen functional groups attached to an aromatic ring is 2. The fourth-order valence-electron chi connectivity index (χ4n) is 2.77. The summed E-state index contributed by atoms with van der Waals surface area (Å²) in [4.78, 5) is 20.1. The largest absolute Gasteiger partial charge is 0.416 e. The van der Waals surface area contributed by atoms with Crippen molar-refractivity contribution >= 4 is 17.4 Å². The quantitative estimate of drug-likeness (QED) is 0.572. The minimum absolute atomic E-state index is 0.0246. The van der Waals surface area contributed by atoms with Crippen molar-refractivity contribution in [2.45, 2.75) is 38.9 Å². The SMILES string of the molecule is CC(C)(C)c1noc(C(=O)NCc2ccc(-c3ccnc(N)c3N)cc2C(F)(F)F)n1. The number of aromatic nitrogens is 3. The van der Waals surface area contributed by atoms with Crippen molar-refractivity contribution in [1.29, 1.82) is 0 Å². The molecular weight excluding hydrogens is 413 g/mol. The Kier molecular flexibility index (Phi) is 5.62. The van der Waals surface area contributed by atoms with Gasteiger partial charge in [-0.3, -0.25) is 4.79 Å². The first kappa shape index (κ1) is 22.1. The monoisotopic (exact) mass is 434 g/mol. The topological polar surface area (TPSA) is 133 Å². The van der Waals surface area contributed by atoms with Crippen molar-refractivity contribution in [1.82, 2.24) is 20.4 Å². The molecule has 0 saturated heterocycles. The van der Waals surface area contributed by atoms with Crippen molar-refractivity contribution in [3.8, 4) is 11.1 Å². The van der Waals surface area contributed by atoms with Gasteiger partial charge in [0.25, 0.3) is 0 Å². The molecule has 5 N–H and O–H groups in total. The molecule has 0 fully saturated rings. The second-order valence-electron chi connectivity index (χ2n) is 7.88. The van der Waals surface area contributed by atoms with Gasteiger partial charge in [-0.2, -0.15) is 18.2 Å². The number of pyridine rings is 1. The molecule has 1 aromatic carbocycles. The highest BCUT2D eigenvalue weighted by atomic mass is 19.4. The molecule has 0 spiro atoms. The van der Waals surface area contributed by atoms with Gasteiger partial charge < -0.3 is 21.3 Å². The molecule has 164 valence electrons. The summed E-state index contributed by atoms with van der Waals surface area (Å²) in [5.74, 6) is -0.759. The van der Waals surface area contributed by atoms with Gasteiger partial charge in [0.15, 0.2) is 5.82 Å². The Balaban J connectivity index is 1.87. The first-order valence-corrected chi connectivity index (χ1v) is 9.20. The molecule has 0 aliphatic heterocycles. The van der Waals surface area contributed by atoms with E-state index < -0.39 is 29.6 Å². The van der Waals surface area contributed by atoms with Crippen molar-refractivity contribution in [2.75, 3.05) is 11.5 Å². The first-order valence-electron chi connectivity index (χ1n) is 9.20. The van der Waals surface area contributed by atoms with Crippen LogP contribution in [-0.2, 0) is 18.1 Å². The van der Waals surface area contributed by atoms with E-state index in [0.29, 0.717) is 11.4 Å². The van der Waals surface area contributed by atoms with Crippen LogP contribution in [0.2, 0.25) is 0 Å². The van der Waals surface area contributed by atoms with E-state index in [0.717, 1.165) is 6.07 Å². The number of anilines is 2. The van der Waals surface area contributed by atoms with Crippen LogP contribution in [0, 0.1) is 0 Å². The maximum absolute atomic E-state index is 13.7. The fraction of sp³-hybridized carbons (Fsp3) is 0.300. The lowest BCUT2D eigenvalue weighted by atomic mass is 9.96. The highest BCUT2D eigenvalue weighted by molar-refractivity contribution is 5.89. The highest BCUT2D eigenvalue weighted by Crippen LogP contribution is 2.37. The molecule has 2 heterocycles. The number of benzene rings is 1. The predicted octanol–water partition coefficient (Wildman–Crippen LogP) is 3.54. The molecule has 0 radical (unpaired) electrons. The van der Waals surface area contributed by atoms with E-state index in [1.54, 1.807) is 0 Å². The van der Waals surface area contributed by atoms with Crippen molar-refractivity contribution in [3.05, 3.63) is 53.3 Å². The van der Waals surface area contributed by atoms with Gasteiger partial charge in [0.1, 0.15) is 5.82 Å². The van der Waals surface area contributed by atoms with E-state index in [1.807, 2.05) is 20.8 Å². The molecule has 11 heteroatoms. The second kappa shape index (κ2) is 7.89. The molecule has 31 heavy (non-hydrogen) atoms. The van der Waals surface area contributed by atoms with Crippen LogP contribution in [0.15, 0.2) is 35.0 Å². The Morgan fingerprint density at radius 1 is 1.16 bits per heavy atom. The van der Waals surface area contributed by atoms with Crippen LogP contribution in [0.4, 0.5) is 24.7 Å². The molecule has 0 aliphatic rings. The smallest absolute Gasteiger partial charge is 0.395 e. The number of carbonyl (C=O) groups is 1. The second-order valence-corrected chi connectivity index (χ2v) is 7.88. The number of carbonyl (C=O) groups excluding carboxylic acids is 1. The van der Waals surface area contributed by atoms with Gasteiger partial charge in [-0.05, 0) is 23.3 Å². The Bertz CT molecular complexity index is 1120. The summed E-state index contributed by atoms with van der Waals surface area (Å²) in [5, 5.41) is 6.11. The van der Waals surface area contributed by atoms with Gasteiger partial charge in [0, 0.05) is 23.7 Å². The van der Waals surface area contributed by atoms with E-state index >= 15 is 0 Å². The summed E-state index contributed by atoms with van der Waals surface area (Å²) in [5.41, 5.74) is 10.6. The zero-order valence-corrected chi connectivity index (χ0v) is 17.0. The molecule has 0 saturated carbocycles. The van der Waals surface area contributed by atoms with Gasteiger partial charge >= 0.3 is 18.0 Å². The maximum atomic E-state index is 13.7. The summed E-state index contributed by atoms with van der Waals surface area (Å²) in [6, 6.07) is 5.16. The predicted molar refractivity (Wildman–Crippen MR) is 108 cm³/mol. The summed E-state index contributed by atoms with van der Waals surface area (Å²) in [7, 11) is 0. The van der Waals surface area contributed by atoms with E-state index in [4.69, 9.17) is 16.0 Å². The van der Waals surface area contributed by atoms with E-state index in [-0.39, 0.29) is 28.5 Å². The van der Waals surface area contributed by atoms with E-state index in [9.17, 15) is 18.0 Å². The van der Waals surface area contributed by atoms with Gasteiger partial charge in [-0.25, -0.2) is 4.98 Å². The number of nitrogens with zero attached hydrogens (tertiary/aromatic N) is 3. The Labute approximate surface area is 175 Å². The summed E-state index contributed by atoms with van der Waals surface area (Å²) >= 11 is 0. The number of halogens is 3. The molecule has 0 aliphatic carbocycles. The van der Waals surface area contributed by atoms with Crippen LogP contribution in [0.5, 0.6) is 0 Å². The maximum Gasteiger partial charge on any atom is 0.416 e. The average molecular weight is 434 g/mol. The first-order chi connectivity index (χ1) is 14.4. The third-order valence-electron chi connectivity index (χ3n) is 4.48. The lowest BCUT2D eigenvalue weighted by Crippen LogP contribution is -2.25. The molecule has 3 aromatic rings. The zero-order chi connectivity index (χ0) is 23.0. The lowest BCUT2D eigenvalue weighted by molar-refractivity contribution is -0.138. The van der Waals surface area contributed by atoms with Crippen molar-refractivity contribution in [2.24, 2.45) is 0 Å². The van der Waals surface area contributed by atoms with Gasteiger partial charge in [-0.15, -0.1) is 0 Å². The summed E-state index contributed by atoms with van der Waals surface area (Å²) in [6.07, 6.45) is -3.30. The summed E-state index contributed by atoms with van der Waals surface area (Å²) < 4.78 is 46.0. The molecule has 0 atom stereocenters. The standard InChI is InChI=1S/C20H21F3N6O2/c1-19(2,3)18-28-17(31-29-18)16(30)27-9-11-5-4-10(8-13(11)20(21,22)23)12-6-7-26-15(25)14(12)24/h4-8H,9,24H2,1-3H3,(H2,25,26)(H,27,30). The Hall–Kier alpha value is -3.63. The molecule has 3 rings (SSSR count). The van der Waals surface area contributed by atoms with Crippen LogP contribution >= 0.6 is 0 Å². The Morgan fingerprint density at radius 3 is 2.48 bits per heavy atom.